The van der Waals surface area contributed by atoms with Crippen LogP contribution in [0.1, 0.15) is 0 Å². The van der Waals surface area contributed by atoms with Crippen LogP contribution in [-0.2, 0) is 0 Å². The van der Waals surface area contributed by atoms with Gasteiger partial charge in [-0.05, 0) is 39.7 Å². The number of nitrogens with zero attached hydrogens (tertiary/aromatic N) is 3. The molecule has 0 spiro atoms. The van der Waals surface area contributed by atoms with E-state index in [2.05, 4.69) is 30.9 Å². The molecule has 4 nitrogen and oxygen atoms in total. The molecule has 0 fully saturated rings. The monoisotopic (exact) mass is 302 g/mol. The first-order valence-corrected chi connectivity index (χ1v) is 5.36. The molecule has 1 heterocycles. The normalized spacial score (nSPS) is 10.4. The summed E-state index contributed by atoms with van der Waals surface area (Å²) in [5.41, 5.74) is 5.90. The van der Waals surface area contributed by atoms with Crippen molar-refractivity contribution in [3.8, 4) is 11.4 Å². The van der Waals surface area contributed by atoms with E-state index in [1.54, 1.807) is 12.1 Å². The van der Waals surface area contributed by atoms with E-state index in [0.29, 0.717) is 5.56 Å². The fraction of sp³-hybridized carbons (Fsp3) is 0. The number of hydrogen-bond donors (Lipinski definition) is 1. The van der Waals surface area contributed by atoms with Gasteiger partial charge in [-0.3, -0.25) is 0 Å². The molecule has 7 heteroatoms. The Morgan fingerprint density at radius 2 is 2.00 bits per heavy atom. The van der Waals surface area contributed by atoms with E-state index in [4.69, 9.17) is 17.3 Å². The van der Waals surface area contributed by atoms with E-state index in [1.807, 2.05) is 0 Å². The molecule has 2 aromatic rings. The van der Waals surface area contributed by atoms with E-state index in [-0.39, 0.29) is 21.5 Å². The van der Waals surface area contributed by atoms with Crippen molar-refractivity contribution in [2.24, 2.45) is 0 Å². The topological polar surface area (TPSA) is 64.7 Å². The van der Waals surface area contributed by atoms with Crippen LogP contribution in [0.4, 0.5) is 10.3 Å². The molecule has 0 unspecified atom stereocenters. The standard InChI is InChI=1S/C9H5BrClFN4/c10-6-4(2-1-3-5(6)12)7-14-8(11)16-9(13)15-7/h1-3H,(H2,13,14,15,16). The highest BCUT2D eigenvalue weighted by atomic mass is 79.9. The van der Waals surface area contributed by atoms with Gasteiger partial charge in [0.15, 0.2) is 5.82 Å². The van der Waals surface area contributed by atoms with Crippen LogP contribution in [0.25, 0.3) is 11.4 Å². The molecular formula is C9H5BrClFN4. The molecule has 0 aliphatic carbocycles. The minimum absolute atomic E-state index is 0.00818. The summed E-state index contributed by atoms with van der Waals surface area (Å²) >= 11 is 8.75. The van der Waals surface area contributed by atoms with Crippen LogP contribution in [-0.4, -0.2) is 15.0 Å². The van der Waals surface area contributed by atoms with Crippen LogP contribution in [0.3, 0.4) is 0 Å². The first kappa shape index (κ1) is 11.2. The fourth-order valence-electron chi connectivity index (χ4n) is 1.16. The third kappa shape index (κ3) is 2.12. The SMILES string of the molecule is Nc1nc(Cl)nc(-c2cccc(F)c2Br)n1. The minimum atomic E-state index is -0.410. The number of benzene rings is 1. The van der Waals surface area contributed by atoms with Gasteiger partial charge in [0.1, 0.15) is 5.82 Å². The lowest BCUT2D eigenvalue weighted by Crippen LogP contribution is -2.00. The number of nitrogen functional groups attached to an aromatic ring is 1. The van der Waals surface area contributed by atoms with Crippen LogP contribution >= 0.6 is 27.5 Å². The van der Waals surface area contributed by atoms with Crippen molar-refractivity contribution in [2.75, 3.05) is 5.73 Å². The van der Waals surface area contributed by atoms with Crippen molar-refractivity contribution in [1.82, 2.24) is 15.0 Å². The largest absolute Gasteiger partial charge is 0.368 e. The lowest BCUT2D eigenvalue weighted by atomic mass is 10.2. The highest BCUT2D eigenvalue weighted by molar-refractivity contribution is 9.10. The Bertz CT molecular complexity index is 529. The summed E-state index contributed by atoms with van der Waals surface area (Å²) in [5, 5.41) is -0.0290. The first-order chi connectivity index (χ1) is 7.58. The van der Waals surface area contributed by atoms with Crippen LogP contribution in [0.5, 0.6) is 0 Å². The summed E-state index contributed by atoms with van der Waals surface area (Å²) < 4.78 is 13.5. The number of hydrogen-bond acceptors (Lipinski definition) is 4. The molecule has 0 saturated carbocycles. The summed E-state index contributed by atoms with van der Waals surface area (Å²) in [5.74, 6) is -0.192. The zero-order chi connectivity index (χ0) is 11.7. The molecule has 0 aliphatic heterocycles. The molecule has 82 valence electrons. The number of anilines is 1. The Hall–Kier alpha value is -1.27. The molecule has 0 atom stereocenters. The van der Waals surface area contributed by atoms with Gasteiger partial charge in [0.05, 0.1) is 4.47 Å². The van der Waals surface area contributed by atoms with E-state index in [0.717, 1.165) is 0 Å². The average Bonchev–Trinajstić information content (AvgIpc) is 2.20. The number of nitrogens with two attached hydrogens (primary N) is 1. The molecule has 2 N–H and O–H groups in total. The predicted octanol–water partition coefficient (Wildman–Crippen LogP) is 2.68. The van der Waals surface area contributed by atoms with Gasteiger partial charge in [-0.25, -0.2) is 4.39 Å². The van der Waals surface area contributed by atoms with Gasteiger partial charge >= 0.3 is 0 Å². The zero-order valence-corrected chi connectivity index (χ0v) is 10.1. The smallest absolute Gasteiger partial charge is 0.227 e. The molecule has 0 amide bonds. The maximum absolute atomic E-state index is 13.3. The molecule has 16 heavy (non-hydrogen) atoms. The number of aromatic nitrogens is 3. The molecule has 0 radical (unpaired) electrons. The van der Waals surface area contributed by atoms with Crippen molar-refractivity contribution in [3.05, 3.63) is 33.8 Å². The van der Waals surface area contributed by atoms with Crippen LogP contribution in [0.15, 0.2) is 22.7 Å². The Kier molecular flexibility index (Phi) is 3.02. The van der Waals surface area contributed by atoms with Crippen molar-refractivity contribution in [2.45, 2.75) is 0 Å². The van der Waals surface area contributed by atoms with Gasteiger partial charge in [-0.2, -0.15) is 15.0 Å². The van der Waals surface area contributed by atoms with Crippen LogP contribution in [0.2, 0.25) is 5.28 Å². The molecule has 1 aromatic heterocycles. The molecule has 2 rings (SSSR count). The van der Waals surface area contributed by atoms with Gasteiger partial charge in [-0.15, -0.1) is 0 Å². The molecular weight excluding hydrogens is 298 g/mol. The summed E-state index contributed by atoms with van der Waals surface area (Å²) in [4.78, 5) is 11.4. The fourth-order valence-corrected chi connectivity index (χ4v) is 1.77. The van der Waals surface area contributed by atoms with Gasteiger partial charge in [-0.1, -0.05) is 6.07 Å². The average molecular weight is 304 g/mol. The van der Waals surface area contributed by atoms with Crippen molar-refractivity contribution < 1.29 is 4.39 Å². The first-order valence-electron chi connectivity index (χ1n) is 4.19. The van der Waals surface area contributed by atoms with Gasteiger partial charge < -0.3 is 5.73 Å². The van der Waals surface area contributed by atoms with E-state index in [9.17, 15) is 4.39 Å². The molecule has 0 saturated heterocycles. The van der Waals surface area contributed by atoms with Crippen molar-refractivity contribution in [3.63, 3.8) is 0 Å². The quantitative estimate of drug-likeness (QED) is 0.879. The second-order valence-electron chi connectivity index (χ2n) is 2.89. The summed E-state index contributed by atoms with van der Waals surface area (Å²) in [6, 6.07) is 4.52. The Morgan fingerprint density at radius 3 is 2.69 bits per heavy atom. The summed E-state index contributed by atoms with van der Waals surface area (Å²) in [6.45, 7) is 0. The lowest BCUT2D eigenvalue weighted by molar-refractivity contribution is 0.621. The summed E-state index contributed by atoms with van der Waals surface area (Å²) in [7, 11) is 0. The lowest BCUT2D eigenvalue weighted by Gasteiger charge is -2.04. The highest BCUT2D eigenvalue weighted by Crippen LogP contribution is 2.28. The van der Waals surface area contributed by atoms with Crippen LogP contribution in [0, 0.1) is 5.82 Å². The maximum Gasteiger partial charge on any atom is 0.227 e. The van der Waals surface area contributed by atoms with Crippen LogP contribution < -0.4 is 5.73 Å². The Balaban J connectivity index is 2.63. The van der Waals surface area contributed by atoms with Gasteiger partial charge in [0.25, 0.3) is 0 Å². The predicted molar refractivity (Wildman–Crippen MR) is 62.3 cm³/mol. The number of rotatable bonds is 1. The maximum atomic E-state index is 13.3. The third-order valence-electron chi connectivity index (χ3n) is 1.82. The minimum Gasteiger partial charge on any atom is -0.368 e. The molecule has 1 aromatic carbocycles. The van der Waals surface area contributed by atoms with Gasteiger partial charge in [0.2, 0.25) is 11.2 Å². The number of halogens is 3. The summed E-state index contributed by atoms with van der Waals surface area (Å²) in [6.07, 6.45) is 0. The zero-order valence-electron chi connectivity index (χ0n) is 7.78. The molecule has 0 aliphatic rings. The van der Waals surface area contributed by atoms with E-state index in [1.165, 1.54) is 6.07 Å². The van der Waals surface area contributed by atoms with Crippen molar-refractivity contribution >= 4 is 33.5 Å². The second kappa shape index (κ2) is 4.31. The highest BCUT2D eigenvalue weighted by Gasteiger charge is 2.11. The third-order valence-corrected chi connectivity index (χ3v) is 2.79. The Morgan fingerprint density at radius 1 is 1.25 bits per heavy atom. The Labute approximate surface area is 104 Å². The second-order valence-corrected chi connectivity index (χ2v) is 4.02. The molecule has 0 bridgehead atoms. The van der Waals surface area contributed by atoms with Gasteiger partial charge in [0, 0.05) is 5.56 Å². The van der Waals surface area contributed by atoms with E-state index >= 15 is 0 Å². The van der Waals surface area contributed by atoms with E-state index < -0.39 is 5.82 Å². The van der Waals surface area contributed by atoms with Crippen molar-refractivity contribution in [1.29, 1.82) is 0 Å².